The molecule has 2 heterocycles. The molecule has 0 unspecified atom stereocenters. The highest BCUT2D eigenvalue weighted by Crippen LogP contribution is 2.31. The molecule has 0 atom stereocenters. The van der Waals surface area contributed by atoms with Crippen molar-refractivity contribution in [1.29, 1.82) is 5.26 Å². The maximum atomic E-state index is 13.2. The van der Waals surface area contributed by atoms with Gasteiger partial charge in [0.1, 0.15) is 28.9 Å². The molecule has 4 rings (SSSR count). The summed E-state index contributed by atoms with van der Waals surface area (Å²) in [5.41, 5.74) is 9.21. The SMILES string of the molecule is CCCN(C(C)C)C(c1ccc(F)cc1)c1ccc(F)cc1.Cn1c(=O)cc(N)c2nc(C#N)ccc21. The molecule has 2 aromatic heterocycles. The molecule has 0 aliphatic rings. The number of rotatable bonds is 6. The molecule has 8 heteroatoms. The van der Waals surface area contributed by atoms with Gasteiger partial charge in [-0.2, -0.15) is 5.26 Å². The fraction of sp³-hybridized carbons (Fsp3) is 0.276. The van der Waals surface area contributed by atoms with Crippen molar-refractivity contribution in [1.82, 2.24) is 14.5 Å². The first kappa shape index (κ1) is 27.5. The summed E-state index contributed by atoms with van der Waals surface area (Å²) >= 11 is 0. The molecule has 37 heavy (non-hydrogen) atoms. The number of halogens is 2. The Bertz CT molecular complexity index is 1400. The number of aromatic nitrogens is 2. The monoisotopic (exact) mass is 503 g/mol. The highest BCUT2D eigenvalue weighted by atomic mass is 19.1. The third-order valence-electron chi connectivity index (χ3n) is 6.08. The number of fused-ring (bicyclic) bond motifs is 1. The van der Waals surface area contributed by atoms with Crippen molar-refractivity contribution in [3.05, 3.63) is 106 Å². The van der Waals surface area contributed by atoms with E-state index in [1.54, 1.807) is 19.2 Å². The molecule has 192 valence electrons. The molecule has 0 spiro atoms. The number of pyridine rings is 2. The van der Waals surface area contributed by atoms with E-state index in [0.717, 1.165) is 24.1 Å². The Morgan fingerprint density at radius 2 is 1.54 bits per heavy atom. The number of anilines is 1. The third-order valence-corrected chi connectivity index (χ3v) is 6.08. The van der Waals surface area contributed by atoms with Crippen LogP contribution in [0.3, 0.4) is 0 Å². The molecule has 0 saturated heterocycles. The molecule has 0 aliphatic heterocycles. The lowest BCUT2D eigenvalue weighted by Crippen LogP contribution is -2.36. The van der Waals surface area contributed by atoms with Crippen LogP contribution >= 0.6 is 0 Å². The van der Waals surface area contributed by atoms with E-state index in [9.17, 15) is 13.6 Å². The normalized spacial score (nSPS) is 11.0. The van der Waals surface area contributed by atoms with E-state index >= 15 is 0 Å². The Morgan fingerprint density at radius 1 is 1.00 bits per heavy atom. The highest BCUT2D eigenvalue weighted by molar-refractivity contribution is 5.86. The molecule has 0 radical (unpaired) electrons. The molecule has 0 saturated carbocycles. The van der Waals surface area contributed by atoms with Crippen LogP contribution in [0.1, 0.15) is 50.1 Å². The maximum Gasteiger partial charge on any atom is 0.252 e. The van der Waals surface area contributed by atoms with Crippen LogP contribution in [0.4, 0.5) is 14.5 Å². The lowest BCUT2D eigenvalue weighted by molar-refractivity contribution is 0.177. The lowest BCUT2D eigenvalue weighted by atomic mass is 9.95. The molecular formula is C29H31F2N5O. The average Bonchev–Trinajstić information content (AvgIpc) is 2.89. The predicted molar refractivity (Wildman–Crippen MR) is 143 cm³/mol. The van der Waals surface area contributed by atoms with Crippen molar-refractivity contribution in [3.8, 4) is 6.07 Å². The molecule has 0 amide bonds. The zero-order chi connectivity index (χ0) is 27.1. The summed E-state index contributed by atoms with van der Waals surface area (Å²) in [6.45, 7) is 7.37. The van der Waals surface area contributed by atoms with Crippen LogP contribution in [0.25, 0.3) is 11.0 Å². The van der Waals surface area contributed by atoms with E-state index < -0.39 is 0 Å². The molecule has 0 aliphatic carbocycles. The fourth-order valence-corrected chi connectivity index (χ4v) is 4.22. The number of benzene rings is 2. The average molecular weight is 504 g/mol. The first-order valence-corrected chi connectivity index (χ1v) is 12.1. The minimum Gasteiger partial charge on any atom is -0.397 e. The number of hydrogen-bond donors (Lipinski definition) is 1. The van der Waals surface area contributed by atoms with Gasteiger partial charge in [-0.25, -0.2) is 13.8 Å². The Kier molecular flexibility index (Phi) is 9.10. The van der Waals surface area contributed by atoms with Gasteiger partial charge in [0, 0.05) is 19.2 Å². The molecule has 0 fully saturated rings. The summed E-state index contributed by atoms with van der Waals surface area (Å²) in [6.07, 6.45) is 1.02. The van der Waals surface area contributed by atoms with Gasteiger partial charge in [-0.3, -0.25) is 9.69 Å². The smallest absolute Gasteiger partial charge is 0.252 e. The van der Waals surface area contributed by atoms with E-state index in [4.69, 9.17) is 11.0 Å². The Hall–Kier alpha value is -4.09. The molecular weight excluding hydrogens is 472 g/mol. The summed E-state index contributed by atoms with van der Waals surface area (Å²) in [6, 6.07) is 20.0. The van der Waals surface area contributed by atoms with Crippen LogP contribution in [0.5, 0.6) is 0 Å². The minimum atomic E-state index is -0.242. The topological polar surface area (TPSA) is 87.9 Å². The van der Waals surface area contributed by atoms with Crippen molar-refractivity contribution in [2.75, 3.05) is 12.3 Å². The van der Waals surface area contributed by atoms with Crippen molar-refractivity contribution in [2.45, 2.75) is 39.3 Å². The Morgan fingerprint density at radius 3 is 2.00 bits per heavy atom. The number of nitrogen functional groups attached to an aromatic ring is 1. The quantitative estimate of drug-likeness (QED) is 0.372. The van der Waals surface area contributed by atoms with Crippen LogP contribution in [-0.2, 0) is 7.05 Å². The van der Waals surface area contributed by atoms with Crippen molar-refractivity contribution >= 4 is 16.7 Å². The lowest BCUT2D eigenvalue weighted by Gasteiger charge is -2.35. The molecule has 0 bridgehead atoms. The zero-order valence-corrected chi connectivity index (χ0v) is 21.5. The van der Waals surface area contributed by atoms with Gasteiger partial charge in [0.25, 0.3) is 5.56 Å². The van der Waals surface area contributed by atoms with Crippen molar-refractivity contribution in [3.63, 3.8) is 0 Å². The third kappa shape index (κ3) is 6.57. The summed E-state index contributed by atoms with van der Waals surface area (Å²) < 4.78 is 27.9. The maximum absolute atomic E-state index is 13.2. The van der Waals surface area contributed by atoms with Crippen LogP contribution < -0.4 is 11.3 Å². The largest absolute Gasteiger partial charge is 0.397 e. The van der Waals surface area contributed by atoms with Crippen molar-refractivity contribution < 1.29 is 8.78 Å². The van der Waals surface area contributed by atoms with E-state index in [2.05, 4.69) is 30.7 Å². The molecule has 2 N–H and O–H groups in total. The zero-order valence-electron chi connectivity index (χ0n) is 21.5. The van der Waals surface area contributed by atoms with Gasteiger partial charge in [0.05, 0.1) is 17.2 Å². The fourth-order valence-electron chi connectivity index (χ4n) is 4.22. The van der Waals surface area contributed by atoms with E-state index in [1.807, 2.05) is 30.3 Å². The predicted octanol–water partition coefficient (Wildman–Crippen LogP) is 5.56. The molecule has 6 nitrogen and oxygen atoms in total. The highest BCUT2D eigenvalue weighted by Gasteiger charge is 2.24. The van der Waals surface area contributed by atoms with Gasteiger partial charge < -0.3 is 10.3 Å². The number of aryl methyl sites for hydroxylation is 1. The Labute approximate surface area is 215 Å². The van der Waals surface area contributed by atoms with Gasteiger partial charge in [-0.15, -0.1) is 0 Å². The summed E-state index contributed by atoms with van der Waals surface area (Å²) in [5.74, 6) is -0.485. The number of hydrogen-bond acceptors (Lipinski definition) is 5. The summed E-state index contributed by atoms with van der Waals surface area (Å²) in [7, 11) is 1.64. The second kappa shape index (κ2) is 12.2. The van der Waals surface area contributed by atoms with Gasteiger partial charge >= 0.3 is 0 Å². The number of nitrogens with zero attached hydrogens (tertiary/aromatic N) is 4. The van der Waals surface area contributed by atoms with Gasteiger partial charge in [0.2, 0.25) is 0 Å². The van der Waals surface area contributed by atoms with E-state index in [-0.39, 0.29) is 28.9 Å². The van der Waals surface area contributed by atoms with Gasteiger partial charge in [-0.1, -0.05) is 31.2 Å². The van der Waals surface area contributed by atoms with Crippen LogP contribution in [0, 0.1) is 23.0 Å². The van der Waals surface area contributed by atoms with Crippen LogP contribution in [-0.4, -0.2) is 27.0 Å². The molecule has 4 aromatic rings. The first-order chi connectivity index (χ1) is 17.7. The standard InChI is InChI=1S/C19H23F2N.C10H8N4O/c1-4-13-22(14(2)3)19(15-5-9-17(20)10-6-15)16-7-11-18(21)12-8-16;1-14-8-3-2-6(5-11)13-10(8)7(12)4-9(14)15/h5-12,14,19H,4,13H2,1-3H3;2-4H,12H2,1H3. The van der Waals surface area contributed by atoms with E-state index in [1.165, 1.54) is 34.9 Å². The first-order valence-electron chi connectivity index (χ1n) is 12.1. The van der Waals surface area contributed by atoms with Crippen molar-refractivity contribution in [2.24, 2.45) is 7.05 Å². The summed E-state index contributed by atoms with van der Waals surface area (Å²) in [4.78, 5) is 17.8. The summed E-state index contributed by atoms with van der Waals surface area (Å²) in [5, 5.41) is 8.69. The van der Waals surface area contributed by atoms with Gasteiger partial charge in [0.15, 0.2) is 0 Å². The number of nitriles is 1. The van der Waals surface area contributed by atoms with Gasteiger partial charge in [-0.05, 0) is 74.3 Å². The number of nitrogens with two attached hydrogens (primary N) is 1. The van der Waals surface area contributed by atoms with Crippen LogP contribution in [0.15, 0.2) is 71.5 Å². The van der Waals surface area contributed by atoms with Crippen LogP contribution in [0.2, 0.25) is 0 Å². The second-order valence-electron chi connectivity index (χ2n) is 9.01. The molecule has 2 aromatic carbocycles. The second-order valence-corrected chi connectivity index (χ2v) is 9.01. The minimum absolute atomic E-state index is 0.00106. The Balaban J connectivity index is 0.000000220. The van der Waals surface area contributed by atoms with E-state index in [0.29, 0.717) is 22.8 Å².